The number of carbonyl (C=O) groups excluding carboxylic acids is 1. The van der Waals surface area contributed by atoms with Crippen molar-refractivity contribution in [2.45, 2.75) is 44.9 Å². The fraction of sp³-hybridized carbons (Fsp3) is 0.545. The van der Waals surface area contributed by atoms with Gasteiger partial charge in [-0.2, -0.15) is 18.3 Å². The van der Waals surface area contributed by atoms with Gasteiger partial charge < -0.3 is 4.90 Å². The van der Waals surface area contributed by atoms with Gasteiger partial charge in [0, 0.05) is 49.4 Å². The minimum atomic E-state index is -4.49. The first-order valence-electron chi connectivity index (χ1n) is 10.7. The molecule has 4 rings (SSSR count). The van der Waals surface area contributed by atoms with Crippen LogP contribution in [0.1, 0.15) is 42.6 Å². The van der Waals surface area contributed by atoms with E-state index < -0.39 is 17.8 Å². The number of nitrogens with zero attached hydrogens (tertiary/aromatic N) is 4. The molecule has 5 nitrogen and oxygen atoms in total. The van der Waals surface area contributed by atoms with Crippen LogP contribution in [0.3, 0.4) is 0 Å². The van der Waals surface area contributed by atoms with Gasteiger partial charge in [-0.05, 0) is 36.6 Å². The summed E-state index contributed by atoms with van der Waals surface area (Å²) in [6.07, 6.45) is -2.79. The number of amides is 1. The molecule has 0 bridgehead atoms. The minimum absolute atomic E-state index is 0.0877. The summed E-state index contributed by atoms with van der Waals surface area (Å²) >= 11 is 6.11. The van der Waals surface area contributed by atoms with E-state index in [-0.39, 0.29) is 24.2 Å². The van der Waals surface area contributed by atoms with Gasteiger partial charge in [-0.1, -0.05) is 24.6 Å². The van der Waals surface area contributed by atoms with Crippen LogP contribution in [0.5, 0.6) is 0 Å². The molecular formula is C22H25ClF4N4O. The van der Waals surface area contributed by atoms with Crippen molar-refractivity contribution in [2.24, 2.45) is 5.92 Å². The maximum Gasteiger partial charge on any atom is 0.435 e. The lowest BCUT2D eigenvalue weighted by atomic mass is 10.1. The van der Waals surface area contributed by atoms with E-state index in [0.717, 1.165) is 24.5 Å². The van der Waals surface area contributed by atoms with E-state index in [1.165, 1.54) is 16.8 Å². The van der Waals surface area contributed by atoms with E-state index in [9.17, 15) is 22.4 Å². The van der Waals surface area contributed by atoms with Crippen molar-refractivity contribution in [1.82, 2.24) is 19.6 Å². The lowest BCUT2D eigenvalue weighted by Gasteiger charge is -2.36. The topological polar surface area (TPSA) is 41.4 Å². The lowest BCUT2D eigenvalue weighted by molar-refractivity contribution is -0.141. The monoisotopic (exact) mass is 472 g/mol. The third-order valence-electron chi connectivity index (χ3n) is 6.06. The molecule has 1 atom stereocenters. The number of carbonyl (C=O) groups is 1. The first kappa shape index (κ1) is 23.0. The molecule has 2 aromatic rings. The highest BCUT2D eigenvalue weighted by Gasteiger charge is 2.38. The van der Waals surface area contributed by atoms with Crippen LogP contribution in [0.15, 0.2) is 24.3 Å². The second-order valence-corrected chi connectivity index (χ2v) is 9.05. The molecule has 32 heavy (non-hydrogen) atoms. The Hall–Kier alpha value is -2.13. The molecule has 10 heteroatoms. The second kappa shape index (κ2) is 9.02. The van der Waals surface area contributed by atoms with Crippen LogP contribution in [0.4, 0.5) is 17.6 Å². The zero-order valence-electron chi connectivity index (χ0n) is 17.7. The van der Waals surface area contributed by atoms with E-state index in [1.54, 1.807) is 17.9 Å². The summed E-state index contributed by atoms with van der Waals surface area (Å²) in [6, 6.07) is 5.44. The van der Waals surface area contributed by atoms with Crippen LogP contribution >= 0.6 is 11.6 Å². The molecule has 1 aliphatic carbocycles. The highest BCUT2D eigenvalue weighted by Crippen LogP contribution is 2.42. The molecule has 0 spiro atoms. The molecule has 0 N–H and O–H groups in total. The third kappa shape index (κ3) is 5.26. The average Bonchev–Trinajstić information content (AvgIpc) is 3.49. The highest BCUT2D eigenvalue weighted by atomic mass is 35.5. The fourth-order valence-corrected chi connectivity index (χ4v) is 4.32. The van der Waals surface area contributed by atoms with Gasteiger partial charge in [-0.15, -0.1) is 0 Å². The third-order valence-corrected chi connectivity index (χ3v) is 6.41. The summed E-state index contributed by atoms with van der Waals surface area (Å²) in [4.78, 5) is 16.8. The molecule has 1 aliphatic heterocycles. The molecule has 1 aromatic heterocycles. The van der Waals surface area contributed by atoms with Gasteiger partial charge in [0.1, 0.15) is 5.82 Å². The predicted molar refractivity (Wildman–Crippen MR) is 112 cm³/mol. The van der Waals surface area contributed by atoms with E-state index >= 15 is 0 Å². The smallest absolute Gasteiger partial charge is 0.340 e. The number of piperazine rings is 1. The van der Waals surface area contributed by atoms with Gasteiger partial charge >= 0.3 is 6.18 Å². The molecule has 174 valence electrons. The Morgan fingerprint density at radius 2 is 1.88 bits per heavy atom. The van der Waals surface area contributed by atoms with Gasteiger partial charge in [-0.3, -0.25) is 14.4 Å². The number of rotatable bonds is 6. The Balaban J connectivity index is 1.34. The summed E-state index contributed by atoms with van der Waals surface area (Å²) in [5, 5.41) is 4.13. The Morgan fingerprint density at radius 1 is 1.19 bits per heavy atom. The number of hydrogen-bond donors (Lipinski definition) is 0. The number of hydrogen-bond acceptors (Lipinski definition) is 3. The average molecular weight is 473 g/mol. The fourth-order valence-electron chi connectivity index (χ4n) is 4.09. The van der Waals surface area contributed by atoms with Crippen molar-refractivity contribution in [3.05, 3.63) is 52.1 Å². The van der Waals surface area contributed by atoms with Crippen LogP contribution in [0, 0.1) is 11.7 Å². The highest BCUT2D eigenvalue weighted by molar-refractivity contribution is 6.31. The standard InChI is InChI=1S/C22H25ClF4N4O/c1-14(12-31-19(15-2-3-15)11-20(28-31)22(25,26)27)21(32)30-8-6-29(7-9-30)13-16-4-5-17(24)10-18(16)23/h4-5,10-11,14-15H,2-3,6-9,12-13H2,1H3. The van der Waals surface area contributed by atoms with Gasteiger partial charge in [0.25, 0.3) is 0 Å². The van der Waals surface area contributed by atoms with Crippen molar-refractivity contribution in [2.75, 3.05) is 26.2 Å². The number of benzene rings is 1. The molecule has 0 radical (unpaired) electrons. The predicted octanol–water partition coefficient (Wildman–Crippen LogP) is 4.55. The number of aromatic nitrogens is 2. The van der Waals surface area contributed by atoms with Gasteiger partial charge in [0.2, 0.25) is 5.91 Å². The molecule has 1 saturated carbocycles. The van der Waals surface area contributed by atoms with Crippen molar-refractivity contribution in [3.8, 4) is 0 Å². The van der Waals surface area contributed by atoms with Crippen LogP contribution < -0.4 is 0 Å². The first-order valence-corrected chi connectivity index (χ1v) is 11.1. The molecule has 1 unspecified atom stereocenters. The van der Waals surface area contributed by atoms with E-state index in [4.69, 9.17) is 11.6 Å². The van der Waals surface area contributed by atoms with Gasteiger partial charge in [0.15, 0.2) is 5.69 Å². The van der Waals surface area contributed by atoms with Crippen molar-refractivity contribution in [1.29, 1.82) is 0 Å². The number of halogens is 5. The molecule has 1 saturated heterocycles. The summed E-state index contributed by atoms with van der Waals surface area (Å²) in [7, 11) is 0. The van der Waals surface area contributed by atoms with E-state index in [2.05, 4.69) is 10.00 Å². The zero-order valence-corrected chi connectivity index (χ0v) is 18.5. The molecule has 1 aromatic carbocycles. The van der Waals surface area contributed by atoms with Crippen LogP contribution in [0.2, 0.25) is 5.02 Å². The molecule has 2 aliphatic rings. The van der Waals surface area contributed by atoms with Crippen molar-refractivity contribution < 1.29 is 22.4 Å². The Labute approximate surface area is 188 Å². The quantitative estimate of drug-likeness (QED) is 0.579. The van der Waals surface area contributed by atoms with Crippen molar-refractivity contribution >= 4 is 17.5 Å². The van der Waals surface area contributed by atoms with Gasteiger partial charge in [-0.25, -0.2) is 4.39 Å². The maximum absolute atomic E-state index is 13.2. The second-order valence-electron chi connectivity index (χ2n) is 8.65. The molecule has 2 heterocycles. The first-order chi connectivity index (χ1) is 15.1. The molecule has 1 amide bonds. The summed E-state index contributed by atoms with van der Waals surface area (Å²) in [5.41, 5.74) is 0.498. The Morgan fingerprint density at radius 3 is 2.47 bits per heavy atom. The molecule has 2 fully saturated rings. The maximum atomic E-state index is 13.2. The summed E-state index contributed by atoms with van der Waals surface area (Å²) < 4.78 is 53.9. The summed E-state index contributed by atoms with van der Waals surface area (Å²) in [6.45, 7) is 4.74. The van der Waals surface area contributed by atoms with Gasteiger partial charge in [0.05, 0.1) is 12.5 Å². The lowest BCUT2D eigenvalue weighted by Crippen LogP contribution is -2.50. The van der Waals surface area contributed by atoms with E-state index in [0.29, 0.717) is 43.4 Å². The van der Waals surface area contributed by atoms with Crippen LogP contribution in [-0.4, -0.2) is 51.7 Å². The van der Waals surface area contributed by atoms with Crippen LogP contribution in [-0.2, 0) is 24.1 Å². The van der Waals surface area contributed by atoms with E-state index in [1.807, 2.05) is 0 Å². The zero-order chi connectivity index (χ0) is 23.0. The number of alkyl halides is 3. The SMILES string of the molecule is CC(Cn1nc(C(F)(F)F)cc1C1CC1)C(=O)N1CCN(Cc2ccc(F)cc2Cl)CC1. The minimum Gasteiger partial charge on any atom is -0.340 e. The Bertz CT molecular complexity index is 981. The normalized spacial score (nSPS) is 18.8. The Kier molecular flexibility index (Phi) is 6.49. The van der Waals surface area contributed by atoms with Crippen molar-refractivity contribution in [3.63, 3.8) is 0 Å². The summed E-state index contributed by atoms with van der Waals surface area (Å²) in [5.74, 6) is -0.850. The largest absolute Gasteiger partial charge is 0.435 e. The molecular weight excluding hydrogens is 448 g/mol. The van der Waals surface area contributed by atoms with Crippen LogP contribution in [0.25, 0.3) is 0 Å².